The van der Waals surface area contributed by atoms with Gasteiger partial charge in [0.1, 0.15) is 5.67 Å². The summed E-state index contributed by atoms with van der Waals surface area (Å²) in [5.41, 5.74) is 4.02. The van der Waals surface area contributed by atoms with Crippen LogP contribution in [0, 0.1) is 5.41 Å². The number of nitrogens with one attached hydrogen (secondary N) is 1. The minimum atomic E-state index is -1.10. The molecule has 1 atom stereocenters. The minimum Gasteiger partial charge on any atom is -0.330 e. The Balaban J connectivity index is 2.69. The summed E-state index contributed by atoms with van der Waals surface area (Å²) in [7, 11) is 0. The monoisotopic (exact) mass is 160 g/mol. The summed E-state index contributed by atoms with van der Waals surface area (Å²) in [5, 5.41) is 3.02. The van der Waals surface area contributed by atoms with E-state index in [9.17, 15) is 4.39 Å². The maximum Gasteiger partial charge on any atom is 0.130 e. The van der Waals surface area contributed by atoms with Gasteiger partial charge in [0.25, 0.3) is 0 Å². The molecule has 1 unspecified atom stereocenters. The predicted octanol–water partition coefficient (Wildman–Crippen LogP) is 0.673. The standard InChI is InChI=1S/C8H17FN2/c1-7(2,5-10)8(9)3-4-11-6-8/h11H,3-6,10H2,1-2H3. The molecule has 66 valence electrons. The van der Waals surface area contributed by atoms with Crippen molar-refractivity contribution in [2.24, 2.45) is 11.1 Å². The highest BCUT2D eigenvalue weighted by molar-refractivity contribution is 5.00. The van der Waals surface area contributed by atoms with Crippen LogP contribution in [0.5, 0.6) is 0 Å². The van der Waals surface area contributed by atoms with Gasteiger partial charge >= 0.3 is 0 Å². The van der Waals surface area contributed by atoms with Gasteiger partial charge in [0, 0.05) is 18.5 Å². The highest BCUT2D eigenvalue weighted by atomic mass is 19.1. The van der Waals surface area contributed by atoms with Crippen molar-refractivity contribution in [1.82, 2.24) is 5.32 Å². The Labute approximate surface area is 67.3 Å². The molecule has 0 aromatic rings. The van der Waals surface area contributed by atoms with Gasteiger partial charge in [-0.25, -0.2) is 4.39 Å². The van der Waals surface area contributed by atoms with E-state index in [0.29, 0.717) is 19.5 Å². The van der Waals surface area contributed by atoms with Gasteiger partial charge in [0.15, 0.2) is 0 Å². The molecule has 0 radical (unpaired) electrons. The molecule has 3 N–H and O–H groups in total. The molecule has 0 amide bonds. The van der Waals surface area contributed by atoms with Crippen LogP contribution in [0.3, 0.4) is 0 Å². The predicted molar refractivity (Wildman–Crippen MR) is 44.2 cm³/mol. The molecule has 1 aliphatic rings. The lowest BCUT2D eigenvalue weighted by Gasteiger charge is -2.35. The summed E-state index contributed by atoms with van der Waals surface area (Å²) >= 11 is 0. The van der Waals surface area contributed by atoms with Gasteiger partial charge in [-0.15, -0.1) is 0 Å². The molecule has 0 aromatic carbocycles. The van der Waals surface area contributed by atoms with Gasteiger partial charge in [-0.05, 0) is 13.0 Å². The first-order valence-electron chi connectivity index (χ1n) is 4.11. The van der Waals surface area contributed by atoms with Crippen LogP contribution in [0.4, 0.5) is 4.39 Å². The fourth-order valence-electron chi connectivity index (χ4n) is 1.42. The van der Waals surface area contributed by atoms with E-state index in [2.05, 4.69) is 5.32 Å². The third-order valence-electron chi connectivity index (χ3n) is 2.83. The van der Waals surface area contributed by atoms with Crippen LogP contribution in [0.1, 0.15) is 20.3 Å². The van der Waals surface area contributed by atoms with Crippen LogP contribution in [0.2, 0.25) is 0 Å². The van der Waals surface area contributed by atoms with Crippen LogP contribution in [0.15, 0.2) is 0 Å². The second-order valence-electron chi connectivity index (χ2n) is 3.98. The molecule has 0 saturated carbocycles. The van der Waals surface area contributed by atoms with Crippen molar-refractivity contribution >= 4 is 0 Å². The SMILES string of the molecule is CC(C)(CN)C1(F)CCNC1. The zero-order valence-corrected chi connectivity index (χ0v) is 7.28. The van der Waals surface area contributed by atoms with E-state index in [0.717, 1.165) is 6.54 Å². The van der Waals surface area contributed by atoms with Crippen LogP contribution in [-0.4, -0.2) is 25.3 Å². The van der Waals surface area contributed by atoms with Crippen molar-refractivity contribution < 1.29 is 4.39 Å². The third-order valence-corrected chi connectivity index (χ3v) is 2.83. The number of hydrogen-bond acceptors (Lipinski definition) is 2. The summed E-state index contributed by atoms with van der Waals surface area (Å²) in [6.45, 7) is 5.42. The Morgan fingerprint density at radius 3 is 2.64 bits per heavy atom. The molecule has 0 aromatic heterocycles. The average molecular weight is 160 g/mol. The van der Waals surface area contributed by atoms with Gasteiger partial charge in [0.05, 0.1) is 0 Å². The summed E-state index contributed by atoms with van der Waals surface area (Å²) < 4.78 is 13.9. The maximum atomic E-state index is 13.9. The highest BCUT2D eigenvalue weighted by Gasteiger charge is 2.46. The molecule has 0 spiro atoms. The number of alkyl halides is 1. The lowest BCUT2D eigenvalue weighted by atomic mass is 9.76. The fourth-order valence-corrected chi connectivity index (χ4v) is 1.42. The Morgan fingerprint density at radius 2 is 2.27 bits per heavy atom. The molecule has 11 heavy (non-hydrogen) atoms. The Hall–Kier alpha value is -0.150. The number of halogens is 1. The minimum absolute atomic E-state index is 0.392. The van der Waals surface area contributed by atoms with Crippen LogP contribution in [-0.2, 0) is 0 Å². The van der Waals surface area contributed by atoms with Crippen molar-refractivity contribution in [1.29, 1.82) is 0 Å². The molecule has 1 aliphatic heterocycles. The molecule has 0 bridgehead atoms. The molecule has 1 rings (SSSR count). The largest absolute Gasteiger partial charge is 0.330 e. The summed E-state index contributed by atoms with van der Waals surface area (Å²) in [5.74, 6) is 0. The smallest absolute Gasteiger partial charge is 0.130 e. The lowest BCUT2D eigenvalue weighted by Crippen LogP contribution is -2.47. The number of rotatable bonds is 2. The normalized spacial score (nSPS) is 32.7. The molecule has 2 nitrogen and oxygen atoms in total. The summed E-state index contributed by atoms with van der Waals surface area (Å²) in [6.07, 6.45) is 0.594. The van der Waals surface area contributed by atoms with E-state index < -0.39 is 11.1 Å². The van der Waals surface area contributed by atoms with Gasteiger partial charge in [-0.3, -0.25) is 0 Å². The molecule has 0 aliphatic carbocycles. The molecule has 3 heteroatoms. The molecule has 1 fully saturated rings. The van der Waals surface area contributed by atoms with Crippen LogP contribution in [0.25, 0.3) is 0 Å². The van der Waals surface area contributed by atoms with Crippen molar-refractivity contribution in [2.45, 2.75) is 25.9 Å². The van der Waals surface area contributed by atoms with Crippen molar-refractivity contribution in [3.63, 3.8) is 0 Å². The second-order valence-corrected chi connectivity index (χ2v) is 3.98. The van der Waals surface area contributed by atoms with Crippen LogP contribution < -0.4 is 11.1 Å². The first kappa shape index (κ1) is 8.94. The molecule has 1 saturated heterocycles. The Morgan fingerprint density at radius 1 is 1.64 bits per heavy atom. The van der Waals surface area contributed by atoms with Gasteiger partial charge in [0.2, 0.25) is 0 Å². The van der Waals surface area contributed by atoms with Crippen LogP contribution >= 0.6 is 0 Å². The zero-order chi connectivity index (χ0) is 8.54. The first-order chi connectivity index (χ1) is 5.02. The average Bonchev–Trinajstić information content (AvgIpc) is 2.38. The molecule has 1 heterocycles. The van der Waals surface area contributed by atoms with E-state index >= 15 is 0 Å². The maximum absolute atomic E-state index is 13.9. The van der Waals surface area contributed by atoms with E-state index in [1.54, 1.807) is 0 Å². The van der Waals surface area contributed by atoms with E-state index in [4.69, 9.17) is 5.73 Å². The topological polar surface area (TPSA) is 38.0 Å². The first-order valence-corrected chi connectivity index (χ1v) is 4.11. The quantitative estimate of drug-likeness (QED) is 0.623. The zero-order valence-electron chi connectivity index (χ0n) is 7.28. The lowest BCUT2D eigenvalue weighted by molar-refractivity contribution is 0.0421. The van der Waals surface area contributed by atoms with E-state index in [1.807, 2.05) is 13.8 Å². The Kier molecular flexibility index (Phi) is 2.21. The van der Waals surface area contributed by atoms with Crippen molar-refractivity contribution in [2.75, 3.05) is 19.6 Å². The van der Waals surface area contributed by atoms with Gasteiger partial charge < -0.3 is 11.1 Å². The molecular formula is C8H17FN2. The van der Waals surface area contributed by atoms with Gasteiger partial charge in [-0.2, -0.15) is 0 Å². The van der Waals surface area contributed by atoms with E-state index in [-0.39, 0.29) is 0 Å². The summed E-state index contributed by atoms with van der Waals surface area (Å²) in [6, 6.07) is 0. The van der Waals surface area contributed by atoms with Crippen molar-refractivity contribution in [3.05, 3.63) is 0 Å². The van der Waals surface area contributed by atoms with Gasteiger partial charge in [-0.1, -0.05) is 13.8 Å². The number of nitrogens with two attached hydrogens (primary N) is 1. The van der Waals surface area contributed by atoms with E-state index in [1.165, 1.54) is 0 Å². The second kappa shape index (κ2) is 2.72. The Bertz CT molecular complexity index is 139. The third kappa shape index (κ3) is 1.40. The fraction of sp³-hybridized carbons (Fsp3) is 1.00. The number of hydrogen-bond donors (Lipinski definition) is 2. The summed E-state index contributed by atoms with van der Waals surface area (Å²) in [4.78, 5) is 0. The highest BCUT2D eigenvalue weighted by Crippen LogP contribution is 2.38. The van der Waals surface area contributed by atoms with Crippen molar-refractivity contribution in [3.8, 4) is 0 Å². The molecular weight excluding hydrogens is 143 g/mol.